The van der Waals surface area contributed by atoms with Crippen molar-refractivity contribution >= 4 is 5.97 Å². The molecule has 3 aromatic rings. The fourth-order valence-corrected chi connectivity index (χ4v) is 2.30. The van der Waals surface area contributed by atoms with Crippen LogP contribution in [0.5, 0.6) is 11.5 Å². The van der Waals surface area contributed by atoms with Crippen LogP contribution in [0.2, 0.25) is 0 Å². The van der Waals surface area contributed by atoms with Gasteiger partial charge in [-0.3, -0.25) is 0 Å². The molecule has 7 heteroatoms. The standard InChI is InChI=1S/C19H18N2O5/c1-12(17-20-21-18(26-17)13-7-5-4-6-8-13)25-19(22)14-9-15(23-2)11-16(10-14)24-3/h4-12H,1-3H3. The van der Waals surface area contributed by atoms with Gasteiger partial charge in [0.1, 0.15) is 11.5 Å². The molecule has 0 N–H and O–H groups in total. The Morgan fingerprint density at radius 1 is 1.00 bits per heavy atom. The summed E-state index contributed by atoms with van der Waals surface area (Å²) < 4.78 is 21.4. The average Bonchev–Trinajstić information content (AvgIpc) is 3.18. The molecule has 7 nitrogen and oxygen atoms in total. The highest BCUT2D eigenvalue weighted by atomic mass is 16.6. The van der Waals surface area contributed by atoms with Gasteiger partial charge in [0.25, 0.3) is 5.89 Å². The summed E-state index contributed by atoms with van der Waals surface area (Å²) in [6.07, 6.45) is -0.704. The van der Waals surface area contributed by atoms with E-state index < -0.39 is 12.1 Å². The minimum absolute atomic E-state index is 0.215. The normalized spacial score (nSPS) is 11.7. The maximum absolute atomic E-state index is 12.4. The Bertz CT molecular complexity index is 870. The van der Waals surface area contributed by atoms with E-state index in [0.717, 1.165) is 5.56 Å². The quantitative estimate of drug-likeness (QED) is 0.624. The van der Waals surface area contributed by atoms with E-state index in [0.29, 0.717) is 23.0 Å². The van der Waals surface area contributed by atoms with Gasteiger partial charge in [-0.2, -0.15) is 0 Å². The second kappa shape index (κ2) is 7.69. The van der Waals surface area contributed by atoms with Gasteiger partial charge in [-0.1, -0.05) is 18.2 Å². The predicted octanol–water partition coefficient (Wildman–Crippen LogP) is 3.67. The summed E-state index contributed by atoms with van der Waals surface area (Å²) in [6.45, 7) is 1.66. The van der Waals surface area contributed by atoms with Crippen LogP contribution in [0.4, 0.5) is 0 Å². The van der Waals surface area contributed by atoms with Crippen LogP contribution in [0.25, 0.3) is 11.5 Å². The first-order chi connectivity index (χ1) is 12.6. The smallest absolute Gasteiger partial charge is 0.339 e. The molecule has 0 radical (unpaired) electrons. The molecule has 0 aliphatic carbocycles. The Kier molecular flexibility index (Phi) is 5.17. The highest BCUT2D eigenvalue weighted by Gasteiger charge is 2.21. The lowest BCUT2D eigenvalue weighted by molar-refractivity contribution is 0.0279. The van der Waals surface area contributed by atoms with E-state index in [2.05, 4.69) is 10.2 Å². The Labute approximate surface area is 150 Å². The number of hydrogen-bond donors (Lipinski definition) is 0. The molecule has 26 heavy (non-hydrogen) atoms. The highest BCUT2D eigenvalue weighted by Crippen LogP contribution is 2.26. The van der Waals surface area contributed by atoms with Gasteiger partial charge < -0.3 is 18.6 Å². The number of carbonyl (C=O) groups excluding carboxylic acids is 1. The van der Waals surface area contributed by atoms with Crippen LogP contribution in [0.3, 0.4) is 0 Å². The van der Waals surface area contributed by atoms with Crippen molar-refractivity contribution in [1.82, 2.24) is 10.2 Å². The van der Waals surface area contributed by atoms with Crippen molar-refractivity contribution in [3.05, 3.63) is 60.0 Å². The van der Waals surface area contributed by atoms with Crippen LogP contribution >= 0.6 is 0 Å². The predicted molar refractivity (Wildman–Crippen MR) is 93.1 cm³/mol. The van der Waals surface area contributed by atoms with Gasteiger partial charge in [0.2, 0.25) is 5.89 Å². The third kappa shape index (κ3) is 3.83. The minimum atomic E-state index is -0.704. The Morgan fingerprint density at radius 2 is 1.65 bits per heavy atom. The van der Waals surface area contributed by atoms with Gasteiger partial charge in [-0.15, -0.1) is 10.2 Å². The van der Waals surface area contributed by atoms with Crippen LogP contribution in [0.15, 0.2) is 52.9 Å². The molecular weight excluding hydrogens is 336 g/mol. The summed E-state index contributed by atoms with van der Waals surface area (Å²) in [5.74, 6) is 1.02. The van der Waals surface area contributed by atoms with Gasteiger partial charge >= 0.3 is 5.97 Å². The number of carbonyl (C=O) groups is 1. The second-order valence-electron chi connectivity index (χ2n) is 5.46. The molecule has 0 amide bonds. The molecule has 3 rings (SSSR count). The number of esters is 1. The lowest BCUT2D eigenvalue weighted by Gasteiger charge is -2.11. The molecule has 1 aromatic heterocycles. The Hall–Kier alpha value is -3.35. The molecule has 0 saturated heterocycles. The lowest BCUT2D eigenvalue weighted by Crippen LogP contribution is -2.10. The number of nitrogens with zero attached hydrogens (tertiary/aromatic N) is 2. The van der Waals surface area contributed by atoms with E-state index in [1.807, 2.05) is 30.3 Å². The molecule has 0 bridgehead atoms. The molecule has 0 aliphatic rings. The van der Waals surface area contributed by atoms with E-state index in [1.54, 1.807) is 25.1 Å². The fourth-order valence-electron chi connectivity index (χ4n) is 2.30. The lowest BCUT2D eigenvalue weighted by atomic mass is 10.2. The first-order valence-electron chi connectivity index (χ1n) is 7.93. The number of hydrogen-bond acceptors (Lipinski definition) is 7. The molecule has 1 heterocycles. The zero-order valence-corrected chi connectivity index (χ0v) is 14.6. The summed E-state index contributed by atoms with van der Waals surface area (Å²) in [7, 11) is 3.02. The van der Waals surface area contributed by atoms with E-state index in [-0.39, 0.29) is 5.89 Å². The number of methoxy groups -OCH3 is 2. The third-order valence-corrected chi connectivity index (χ3v) is 3.68. The molecule has 1 unspecified atom stereocenters. The van der Waals surface area contributed by atoms with Crippen LogP contribution < -0.4 is 9.47 Å². The average molecular weight is 354 g/mol. The van der Waals surface area contributed by atoms with Crippen LogP contribution in [0.1, 0.15) is 29.3 Å². The summed E-state index contributed by atoms with van der Waals surface area (Å²) in [5, 5.41) is 7.96. The summed E-state index contributed by atoms with van der Waals surface area (Å²) >= 11 is 0. The van der Waals surface area contributed by atoms with Crippen molar-refractivity contribution in [2.45, 2.75) is 13.0 Å². The summed E-state index contributed by atoms with van der Waals surface area (Å²) in [5.41, 5.74) is 1.10. The van der Waals surface area contributed by atoms with E-state index in [9.17, 15) is 4.79 Å². The van der Waals surface area contributed by atoms with Gasteiger partial charge in [-0.25, -0.2) is 4.79 Å². The maximum Gasteiger partial charge on any atom is 0.339 e. The minimum Gasteiger partial charge on any atom is -0.497 e. The Morgan fingerprint density at radius 3 is 2.27 bits per heavy atom. The molecule has 0 fully saturated rings. The van der Waals surface area contributed by atoms with Gasteiger partial charge in [0, 0.05) is 11.6 Å². The van der Waals surface area contributed by atoms with E-state index in [1.165, 1.54) is 14.2 Å². The first-order valence-corrected chi connectivity index (χ1v) is 7.93. The number of benzene rings is 2. The monoisotopic (exact) mass is 354 g/mol. The highest BCUT2D eigenvalue weighted by molar-refractivity contribution is 5.90. The largest absolute Gasteiger partial charge is 0.497 e. The van der Waals surface area contributed by atoms with Gasteiger partial charge in [0.15, 0.2) is 6.10 Å². The molecule has 2 aromatic carbocycles. The molecular formula is C19H18N2O5. The van der Waals surface area contributed by atoms with Gasteiger partial charge in [-0.05, 0) is 31.2 Å². The van der Waals surface area contributed by atoms with Crippen molar-refractivity contribution in [3.63, 3.8) is 0 Å². The number of aromatic nitrogens is 2. The second-order valence-corrected chi connectivity index (χ2v) is 5.46. The van der Waals surface area contributed by atoms with Crippen molar-refractivity contribution in [1.29, 1.82) is 0 Å². The maximum atomic E-state index is 12.4. The Balaban J connectivity index is 1.75. The topological polar surface area (TPSA) is 83.7 Å². The molecule has 134 valence electrons. The van der Waals surface area contributed by atoms with Crippen molar-refractivity contribution in [2.24, 2.45) is 0 Å². The van der Waals surface area contributed by atoms with Crippen LogP contribution in [-0.2, 0) is 4.74 Å². The molecule has 0 spiro atoms. The van der Waals surface area contributed by atoms with Gasteiger partial charge in [0.05, 0.1) is 19.8 Å². The van der Waals surface area contributed by atoms with E-state index in [4.69, 9.17) is 18.6 Å². The number of ether oxygens (including phenoxy) is 3. The molecule has 1 atom stereocenters. The SMILES string of the molecule is COc1cc(OC)cc(C(=O)OC(C)c2nnc(-c3ccccc3)o2)c1. The van der Waals surface area contributed by atoms with Crippen molar-refractivity contribution < 1.29 is 23.4 Å². The van der Waals surface area contributed by atoms with Crippen molar-refractivity contribution in [2.75, 3.05) is 14.2 Å². The third-order valence-electron chi connectivity index (χ3n) is 3.68. The zero-order chi connectivity index (χ0) is 18.5. The first kappa shape index (κ1) is 17.5. The van der Waals surface area contributed by atoms with Crippen molar-refractivity contribution in [3.8, 4) is 23.0 Å². The molecule has 0 aliphatic heterocycles. The fraction of sp³-hybridized carbons (Fsp3) is 0.211. The number of rotatable bonds is 6. The van der Waals surface area contributed by atoms with Crippen LogP contribution in [0, 0.1) is 0 Å². The molecule has 0 saturated carbocycles. The summed E-state index contributed by atoms with van der Waals surface area (Å²) in [4.78, 5) is 12.4. The summed E-state index contributed by atoms with van der Waals surface area (Å²) in [6, 6.07) is 14.2. The zero-order valence-electron chi connectivity index (χ0n) is 14.6. The van der Waals surface area contributed by atoms with Crippen LogP contribution in [-0.4, -0.2) is 30.4 Å². The van der Waals surface area contributed by atoms with E-state index >= 15 is 0 Å².